The molecule has 0 amide bonds. The molecule has 5 nitrogen and oxygen atoms in total. The first kappa shape index (κ1) is 31.8. The van der Waals surface area contributed by atoms with Crippen LogP contribution in [-0.4, -0.2) is 9.13 Å². The number of anilines is 3. The predicted molar refractivity (Wildman–Crippen MR) is 226 cm³/mol. The van der Waals surface area contributed by atoms with Crippen molar-refractivity contribution in [2.45, 2.75) is 0 Å². The molecule has 0 saturated heterocycles. The molecule has 0 N–H and O–H groups in total. The van der Waals surface area contributed by atoms with Crippen molar-refractivity contribution in [3.63, 3.8) is 0 Å². The van der Waals surface area contributed by atoms with Crippen LogP contribution in [-0.2, 0) is 0 Å². The number of aromatic nitrogens is 2. The Bertz CT molecular complexity index is 3120. The fourth-order valence-electron chi connectivity index (χ4n) is 8.06. The summed E-state index contributed by atoms with van der Waals surface area (Å²) < 4.78 is 4.56. The molecule has 0 aliphatic carbocycles. The second-order valence-electron chi connectivity index (χ2n) is 13.6. The highest BCUT2D eigenvalue weighted by Gasteiger charge is 2.19. The van der Waals surface area contributed by atoms with Gasteiger partial charge in [0.2, 0.25) is 5.69 Å². The standard InChI is InChI=1S/C50H31N5/c1-52-46-26-23-40(29-36(46)33-51)55-48-27-22-34(35-21-25-43-42-19-11-12-20-47(42)54(50(43)31-35)39-17-9-4-10-18-39)30-44(48)45-32-41(24-28-49(45)55)53(37-13-5-2-6-14-37)38-15-7-3-8-16-38/h2-32H. The Morgan fingerprint density at radius 2 is 1.00 bits per heavy atom. The summed E-state index contributed by atoms with van der Waals surface area (Å²) in [6, 6.07) is 67.8. The van der Waals surface area contributed by atoms with Crippen molar-refractivity contribution in [2.75, 3.05) is 4.90 Å². The van der Waals surface area contributed by atoms with E-state index < -0.39 is 0 Å². The molecule has 2 aromatic heterocycles. The SMILES string of the molecule is [C-]#[N+]c1ccc(-n2c3ccc(-c4ccc5c6ccccc6n(-c6ccccc6)c5c4)cc3c3cc(N(c4ccccc4)c4ccccc4)ccc32)cc1C#N. The van der Waals surface area contributed by atoms with Crippen LogP contribution in [0.3, 0.4) is 0 Å². The van der Waals surface area contributed by atoms with Crippen LogP contribution < -0.4 is 4.90 Å². The second-order valence-corrected chi connectivity index (χ2v) is 13.6. The summed E-state index contributed by atoms with van der Waals surface area (Å²) in [5, 5.41) is 14.6. The van der Waals surface area contributed by atoms with Gasteiger partial charge in [0, 0.05) is 50.0 Å². The lowest BCUT2D eigenvalue weighted by atomic mass is 10.0. The number of fused-ring (bicyclic) bond motifs is 6. The third kappa shape index (κ3) is 5.23. The summed E-state index contributed by atoms with van der Waals surface area (Å²) in [4.78, 5) is 5.87. The molecule has 0 fully saturated rings. The molecule has 0 unspecified atom stereocenters. The molecule has 0 atom stereocenters. The van der Waals surface area contributed by atoms with E-state index >= 15 is 0 Å². The molecule has 10 rings (SSSR count). The lowest BCUT2D eigenvalue weighted by Crippen LogP contribution is -2.09. The predicted octanol–water partition coefficient (Wildman–Crippen LogP) is 13.4. The topological polar surface area (TPSA) is 41.2 Å². The fraction of sp³-hybridized carbons (Fsp3) is 0. The number of benzene rings is 8. The molecule has 0 spiro atoms. The highest BCUT2D eigenvalue weighted by atomic mass is 15.1. The third-order valence-corrected chi connectivity index (χ3v) is 10.5. The molecule has 5 heteroatoms. The Morgan fingerprint density at radius 3 is 1.71 bits per heavy atom. The molecule has 8 aromatic carbocycles. The zero-order valence-electron chi connectivity index (χ0n) is 29.6. The lowest BCUT2D eigenvalue weighted by Gasteiger charge is -2.25. The van der Waals surface area contributed by atoms with Gasteiger partial charge in [-0.1, -0.05) is 97.1 Å². The van der Waals surface area contributed by atoms with Gasteiger partial charge < -0.3 is 14.0 Å². The minimum atomic E-state index is 0.348. The van der Waals surface area contributed by atoms with Crippen LogP contribution in [0.15, 0.2) is 188 Å². The molecule has 2 heterocycles. The van der Waals surface area contributed by atoms with E-state index in [-0.39, 0.29) is 0 Å². The van der Waals surface area contributed by atoms with Gasteiger partial charge in [-0.25, -0.2) is 4.85 Å². The highest BCUT2D eigenvalue weighted by molar-refractivity contribution is 6.13. The number of rotatable bonds is 6. The average Bonchev–Trinajstić information content (AvgIpc) is 3.76. The van der Waals surface area contributed by atoms with E-state index in [1.54, 1.807) is 6.07 Å². The molecule has 0 aliphatic rings. The Morgan fingerprint density at radius 1 is 0.436 bits per heavy atom. The second kappa shape index (κ2) is 13.0. The first-order chi connectivity index (χ1) is 27.2. The lowest BCUT2D eigenvalue weighted by molar-refractivity contribution is 1.18. The summed E-state index contributed by atoms with van der Waals surface area (Å²) in [7, 11) is 0. The van der Waals surface area contributed by atoms with Gasteiger partial charge in [-0.3, -0.25) is 0 Å². The van der Waals surface area contributed by atoms with Gasteiger partial charge in [-0.15, -0.1) is 0 Å². The maximum atomic E-state index is 9.98. The Balaban J connectivity index is 1.22. The van der Waals surface area contributed by atoms with Crippen LogP contribution in [0, 0.1) is 17.9 Å². The number of para-hydroxylation sites is 4. The van der Waals surface area contributed by atoms with Crippen molar-refractivity contribution in [3.8, 4) is 28.6 Å². The van der Waals surface area contributed by atoms with Crippen LogP contribution in [0.25, 0.3) is 71.0 Å². The zero-order chi connectivity index (χ0) is 36.9. The normalized spacial score (nSPS) is 11.2. The summed E-state index contributed by atoms with van der Waals surface area (Å²) >= 11 is 0. The van der Waals surface area contributed by atoms with Crippen molar-refractivity contribution in [1.82, 2.24) is 9.13 Å². The van der Waals surface area contributed by atoms with Crippen molar-refractivity contribution in [1.29, 1.82) is 5.26 Å². The van der Waals surface area contributed by atoms with E-state index in [9.17, 15) is 5.26 Å². The summed E-state index contributed by atoms with van der Waals surface area (Å²) in [5.74, 6) is 0. The van der Waals surface area contributed by atoms with E-state index in [1.807, 2.05) is 24.3 Å². The van der Waals surface area contributed by atoms with Crippen molar-refractivity contribution < 1.29 is 0 Å². The Labute approximate surface area is 318 Å². The third-order valence-electron chi connectivity index (χ3n) is 10.5. The van der Waals surface area contributed by atoms with Crippen molar-refractivity contribution in [2.24, 2.45) is 0 Å². The van der Waals surface area contributed by atoms with Crippen molar-refractivity contribution in [3.05, 3.63) is 205 Å². The number of hydrogen-bond donors (Lipinski definition) is 0. The fourth-order valence-corrected chi connectivity index (χ4v) is 8.06. The monoisotopic (exact) mass is 701 g/mol. The molecule has 0 bridgehead atoms. The van der Waals surface area contributed by atoms with Gasteiger partial charge in [0.1, 0.15) is 0 Å². The quantitative estimate of drug-likeness (QED) is 0.162. The molecule has 0 radical (unpaired) electrons. The van der Waals surface area contributed by atoms with E-state index in [2.05, 4.69) is 183 Å². The van der Waals surface area contributed by atoms with E-state index in [4.69, 9.17) is 6.57 Å². The molecule has 0 aliphatic heterocycles. The van der Waals surface area contributed by atoms with Gasteiger partial charge in [0.25, 0.3) is 0 Å². The van der Waals surface area contributed by atoms with Crippen LogP contribution in [0.2, 0.25) is 0 Å². The Hall–Kier alpha value is -7.86. The van der Waals surface area contributed by atoms with Crippen LogP contribution >= 0.6 is 0 Å². The van der Waals surface area contributed by atoms with Crippen LogP contribution in [0.4, 0.5) is 22.7 Å². The minimum absolute atomic E-state index is 0.348. The molecule has 55 heavy (non-hydrogen) atoms. The maximum Gasteiger partial charge on any atom is 0.204 e. The molecular weight excluding hydrogens is 671 g/mol. The summed E-state index contributed by atoms with van der Waals surface area (Å²) in [6.07, 6.45) is 0. The van der Waals surface area contributed by atoms with Gasteiger partial charge >= 0.3 is 0 Å². The smallest absolute Gasteiger partial charge is 0.204 e. The van der Waals surface area contributed by atoms with Gasteiger partial charge in [0.05, 0.1) is 40.3 Å². The van der Waals surface area contributed by atoms with Crippen LogP contribution in [0.5, 0.6) is 0 Å². The summed E-state index contributed by atoms with van der Waals surface area (Å²) in [5.41, 5.74) is 12.4. The molecule has 10 aromatic rings. The van der Waals surface area contributed by atoms with E-state index in [1.165, 1.54) is 16.3 Å². The first-order valence-corrected chi connectivity index (χ1v) is 18.2. The molecular formula is C50H31N5. The number of hydrogen-bond acceptors (Lipinski definition) is 2. The average molecular weight is 702 g/mol. The zero-order valence-corrected chi connectivity index (χ0v) is 29.6. The highest BCUT2D eigenvalue weighted by Crippen LogP contribution is 2.42. The summed E-state index contributed by atoms with van der Waals surface area (Å²) in [6.45, 7) is 7.61. The molecule has 0 saturated carbocycles. The minimum Gasteiger partial charge on any atom is -0.310 e. The largest absolute Gasteiger partial charge is 0.310 e. The van der Waals surface area contributed by atoms with Gasteiger partial charge in [-0.2, -0.15) is 5.26 Å². The molecule has 256 valence electrons. The van der Waals surface area contributed by atoms with E-state index in [0.717, 1.165) is 66.9 Å². The number of nitriles is 1. The first-order valence-electron chi connectivity index (χ1n) is 18.2. The maximum absolute atomic E-state index is 9.98. The van der Waals surface area contributed by atoms with Gasteiger partial charge in [-0.05, 0) is 102 Å². The van der Waals surface area contributed by atoms with E-state index in [0.29, 0.717) is 11.3 Å². The van der Waals surface area contributed by atoms with Gasteiger partial charge in [0.15, 0.2) is 0 Å². The Kier molecular flexibility index (Phi) is 7.51. The van der Waals surface area contributed by atoms with Crippen molar-refractivity contribution >= 4 is 66.4 Å². The van der Waals surface area contributed by atoms with Crippen LogP contribution in [0.1, 0.15) is 5.56 Å². The number of nitrogens with zero attached hydrogens (tertiary/aromatic N) is 5.